The van der Waals surface area contributed by atoms with Gasteiger partial charge in [0.1, 0.15) is 0 Å². The van der Waals surface area contributed by atoms with Crippen molar-refractivity contribution in [3.05, 3.63) is 35.4 Å². The van der Waals surface area contributed by atoms with Crippen LogP contribution in [-0.4, -0.2) is 50.8 Å². The van der Waals surface area contributed by atoms with Gasteiger partial charge >= 0.3 is 0 Å². The number of piperidine rings is 1. The molecule has 1 aromatic rings. The summed E-state index contributed by atoms with van der Waals surface area (Å²) >= 11 is 0. The highest BCUT2D eigenvalue weighted by molar-refractivity contribution is 14.0. The van der Waals surface area contributed by atoms with Gasteiger partial charge in [0, 0.05) is 33.3 Å². The second-order valence-electron chi connectivity index (χ2n) is 7.21. The normalized spacial score (nSPS) is 17.5. The number of methoxy groups -OCH3 is 1. The second-order valence-corrected chi connectivity index (χ2v) is 7.21. The fourth-order valence-electron chi connectivity index (χ4n) is 3.22. The van der Waals surface area contributed by atoms with Crippen LogP contribution in [0, 0.1) is 5.92 Å². The van der Waals surface area contributed by atoms with E-state index in [0.29, 0.717) is 6.61 Å². The van der Waals surface area contributed by atoms with Crippen molar-refractivity contribution in [2.45, 2.75) is 45.8 Å². The van der Waals surface area contributed by atoms with Crippen LogP contribution in [0.15, 0.2) is 29.3 Å². The molecular formula is C20H35IN4O. The zero-order chi connectivity index (χ0) is 18.1. The number of hydrogen-bond acceptors (Lipinski definition) is 3. The highest BCUT2D eigenvalue weighted by Gasteiger charge is 2.15. The van der Waals surface area contributed by atoms with Crippen molar-refractivity contribution in [3.8, 4) is 0 Å². The van der Waals surface area contributed by atoms with E-state index in [9.17, 15) is 0 Å². The number of nitrogens with zero attached hydrogens (tertiary/aromatic N) is 2. The minimum atomic E-state index is 0. The summed E-state index contributed by atoms with van der Waals surface area (Å²) in [4.78, 5) is 6.85. The van der Waals surface area contributed by atoms with Gasteiger partial charge in [-0.3, -0.25) is 9.89 Å². The van der Waals surface area contributed by atoms with Crippen LogP contribution < -0.4 is 10.6 Å². The maximum absolute atomic E-state index is 5.16. The molecule has 0 bridgehead atoms. The molecule has 2 rings (SSSR count). The molecular weight excluding hydrogens is 439 g/mol. The average molecular weight is 474 g/mol. The van der Waals surface area contributed by atoms with E-state index >= 15 is 0 Å². The Hall–Kier alpha value is -0.860. The quantitative estimate of drug-likeness (QED) is 0.362. The molecule has 1 fully saturated rings. The van der Waals surface area contributed by atoms with Gasteiger partial charge in [-0.2, -0.15) is 0 Å². The van der Waals surface area contributed by atoms with E-state index in [2.05, 4.69) is 58.6 Å². The van der Waals surface area contributed by atoms with E-state index in [4.69, 9.17) is 4.74 Å². The summed E-state index contributed by atoms with van der Waals surface area (Å²) in [6, 6.07) is 9.08. The van der Waals surface area contributed by atoms with Crippen molar-refractivity contribution in [2.75, 3.05) is 33.9 Å². The first-order chi connectivity index (χ1) is 12.1. The SMILES string of the molecule is CN=C(NCc1cccc(CN2CCC(C)CC2)c1)NC(C)COC.I. The summed E-state index contributed by atoms with van der Waals surface area (Å²) in [5.41, 5.74) is 2.68. The largest absolute Gasteiger partial charge is 0.383 e. The number of hydrogen-bond donors (Lipinski definition) is 2. The predicted octanol–water partition coefficient (Wildman–Crippen LogP) is 3.24. The Morgan fingerprint density at radius 2 is 2.00 bits per heavy atom. The molecule has 5 nitrogen and oxygen atoms in total. The zero-order valence-electron chi connectivity index (χ0n) is 16.6. The molecule has 0 spiro atoms. The molecule has 0 radical (unpaired) electrons. The number of aliphatic imine (C=N–C) groups is 1. The van der Waals surface area contributed by atoms with Crippen LogP contribution >= 0.6 is 24.0 Å². The molecule has 0 amide bonds. The minimum absolute atomic E-state index is 0. The minimum Gasteiger partial charge on any atom is -0.383 e. The first-order valence-electron chi connectivity index (χ1n) is 9.37. The Balaban J connectivity index is 0.00000338. The number of halogens is 1. The fourth-order valence-corrected chi connectivity index (χ4v) is 3.22. The van der Waals surface area contributed by atoms with Gasteiger partial charge in [-0.05, 0) is 49.9 Å². The van der Waals surface area contributed by atoms with Crippen molar-refractivity contribution >= 4 is 29.9 Å². The third kappa shape index (κ3) is 8.22. The lowest BCUT2D eigenvalue weighted by atomic mass is 9.98. The second kappa shape index (κ2) is 12.5. The number of nitrogens with one attached hydrogen (secondary N) is 2. The Kier molecular flexibility index (Phi) is 11.2. The molecule has 6 heteroatoms. The number of ether oxygens (including phenoxy) is 1. The van der Waals surface area contributed by atoms with Crippen LogP contribution in [0.5, 0.6) is 0 Å². The summed E-state index contributed by atoms with van der Waals surface area (Å²) in [6.45, 7) is 9.36. The summed E-state index contributed by atoms with van der Waals surface area (Å²) in [7, 11) is 3.51. The molecule has 148 valence electrons. The van der Waals surface area contributed by atoms with E-state index < -0.39 is 0 Å². The summed E-state index contributed by atoms with van der Waals surface area (Å²) in [5.74, 6) is 1.69. The molecule has 0 aliphatic carbocycles. The topological polar surface area (TPSA) is 48.9 Å². The van der Waals surface area contributed by atoms with Crippen molar-refractivity contribution in [1.29, 1.82) is 0 Å². The number of likely N-dealkylation sites (tertiary alicyclic amines) is 1. The molecule has 26 heavy (non-hydrogen) atoms. The maximum Gasteiger partial charge on any atom is 0.191 e. The van der Waals surface area contributed by atoms with E-state index in [-0.39, 0.29) is 30.0 Å². The smallest absolute Gasteiger partial charge is 0.191 e. The van der Waals surface area contributed by atoms with E-state index in [0.717, 1.165) is 25.0 Å². The highest BCUT2D eigenvalue weighted by atomic mass is 127. The van der Waals surface area contributed by atoms with Gasteiger partial charge in [0.15, 0.2) is 5.96 Å². The van der Waals surface area contributed by atoms with Crippen LogP contribution in [0.1, 0.15) is 37.8 Å². The molecule has 1 heterocycles. The first kappa shape index (κ1) is 23.2. The fraction of sp³-hybridized carbons (Fsp3) is 0.650. The maximum atomic E-state index is 5.16. The van der Waals surface area contributed by atoms with E-state index in [1.807, 2.05) is 0 Å². The van der Waals surface area contributed by atoms with Gasteiger partial charge in [0.2, 0.25) is 0 Å². The zero-order valence-corrected chi connectivity index (χ0v) is 19.0. The third-order valence-electron chi connectivity index (χ3n) is 4.76. The summed E-state index contributed by atoms with van der Waals surface area (Å²) in [5, 5.41) is 6.71. The third-order valence-corrected chi connectivity index (χ3v) is 4.76. The van der Waals surface area contributed by atoms with Gasteiger partial charge in [-0.25, -0.2) is 0 Å². The van der Waals surface area contributed by atoms with Crippen LogP contribution in [0.2, 0.25) is 0 Å². The molecule has 1 saturated heterocycles. The highest BCUT2D eigenvalue weighted by Crippen LogP contribution is 2.18. The molecule has 0 saturated carbocycles. The van der Waals surface area contributed by atoms with Crippen LogP contribution in [0.3, 0.4) is 0 Å². The van der Waals surface area contributed by atoms with E-state index in [1.165, 1.54) is 37.1 Å². The Morgan fingerprint density at radius 1 is 1.31 bits per heavy atom. The number of guanidine groups is 1. The number of benzene rings is 1. The van der Waals surface area contributed by atoms with Crippen molar-refractivity contribution in [1.82, 2.24) is 15.5 Å². The Labute approximate surface area is 176 Å². The molecule has 0 aromatic heterocycles. The molecule has 2 N–H and O–H groups in total. The van der Waals surface area contributed by atoms with Gasteiger partial charge in [0.25, 0.3) is 0 Å². The lowest BCUT2D eigenvalue weighted by Gasteiger charge is -2.30. The number of rotatable bonds is 7. The summed E-state index contributed by atoms with van der Waals surface area (Å²) < 4.78 is 5.16. The lowest BCUT2D eigenvalue weighted by Crippen LogP contribution is -2.43. The van der Waals surface area contributed by atoms with Crippen molar-refractivity contribution in [3.63, 3.8) is 0 Å². The molecule has 1 unspecified atom stereocenters. The first-order valence-corrected chi connectivity index (χ1v) is 9.37. The monoisotopic (exact) mass is 474 g/mol. The average Bonchev–Trinajstić information content (AvgIpc) is 2.61. The molecule has 1 aliphatic rings. The van der Waals surface area contributed by atoms with Crippen LogP contribution in [0.25, 0.3) is 0 Å². The van der Waals surface area contributed by atoms with Crippen molar-refractivity contribution < 1.29 is 4.74 Å². The van der Waals surface area contributed by atoms with Crippen LogP contribution in [0.4, 0.5) is 0 Å². The van der Waals surface area contributed by atoms with Crippen LogP contribution in [-0.2, 0) is 17.8 Å². The molecule has 1 aliphatic heterocycles. The molecule has 1 atom stereocenters. The van der Waals surface area contributed by atoms with Gasteiger partial charge < -0.3 is 15.4 Å². The standard InChI is InChI=1S/C20H34N4O.HI/c1-16-8-10-24(11-9-16)14-19-7-5-6-18(12-19)13-22-20(21-3)23-17(2)15-25-4;/h5-7,12,16-17H,8-11,13-15H2,1-4H3,(H2,21,22,23);1H. The molecule has 1 aromatic carbocycles. The summed E-state index contributed by atoms with van der Waals surface area (Å²) in [6.07, 6.45) is 2.64. The predicted molar refractivity (Wildman–Crippen MR) is 120 cm³/mol. The van der Waals surface area contributed by atoms with Crippen molar-refractivity contribution in [2.24, 2.45) is 10.9 Å². The Bertz CT molecular complexity index is 544. The van der Waals surface area contributed by atoms with Gasteiger partial charge in [-0.1, -0.05) is 31.2 Å². The lowest BCUT2D eigenvalue weighted by molar-refractivity contribution is 0.179. The van der Waals surface area contributed by atoms with Gasteiger partial charge in [0.05, 0.1) is 6.61 Å². The Morgan fingerprint density at radius 3 is 2.65 bits per heavy atom. The van der Waals surface area contributed by atoms with Gasteiger partial charge in [-0.15, -0.1) is 24.0 Å². The van der Waals surface area contributed by atoms with E-state index in [1.54, 1.807) is 14.2 Å².